The number of anilines is 1. The molecular weight excluding hydrogens is 259 g/mol. The van der Waals surface area contributed by atoms with Gasteiger partial charge in [-0.1, -0.05) is 25.0 Å². The van der Waals surface area contributed by atoms with Crippen molar-refractivity contribution in [3.63, 3.8) is 0 Å². The van der Waals surface area contributed by atoms with Gasteiger partial charge in [0.2, 0.25) is 0 Å². The number of benzene rings is 1. The number of hydrogen-bond donors (Lipinski definition) is 1. The maximum absolute atomic E-state index is 12.4. The highest BCUT2D eigenvalue weighted by Crippen LogP contribution is 2.41. The number of rotatable bonds is 5. The smallest absolute Gasteiger partial charge is 0.382 e. The number of thioether (sulfide) groups is 1. The van der Waals surface area contributed by atoms with Crippen molar-refractivity contribution in [2.75, 3.05) is 5.32 Å². The summed E-state index contributed by atoms with van der Waals surface area (Å²) in [5.41, 5.74) is -3.66. The summed E-state index contributed by atoms with van der Waals surface area (Å²) in [6.07, 6.45) is 3.54. The molecule has 0 saturated heterocycles. The molecule has 1 unspecified atom stereocenters. The van der Waals surface area contributed by atoms with Gasteiger partial charge in [-0.3, -0.25) is 0 Å². The lowest BCUT2D eigenvalue weighted by atomic mass is 10.1. The minimum Gasteiger partial charge on any atom is -0.382 e. The van der Waals surface area contributed by atoms with E-state index in [0.717, 1.165) is 12.3 Å². The molecule has 0 spiro atoms. The van der Waals surface area contributed by atoms with Crippen molar-refractivity contribution < 1.29 is 13.2 Å². The SMILES string of the molecule is CC(CC1CC1)Nc1ccccc1SC(F)(F)F. The monoisotopic (exact) mass is 275 g/mol. The Labute approximate surface area is 109 Å². The zero-order chi connectivity index (χ0) is 13.2. The van der Waals surface area contributed by atoms with E-state index in [4.69, 9.17) is 0 Å². The fourth-order valence-electron chi connectivity index (χ4n) is 1.98. The second-order valence-electron chi connectivity index (χ2n) is 4.77. The summed E-state index contributed by atoms with van der Waals surface area (Å²) in [5, 5.41) is 3.18. The van der Waals surface area contributed by atoms with Crippen LogP contribution < -0.4 is 5.32 Å². The molecule has 0 amide bonds. The minimum atomic E-state index is -4.24. The van der Waals surface area contributed by atoms with Gasteiger partial charge in [0.1, 0.15) is 0 Å². The summed E-state index contributed by atoms with van der Waals surface area (Å²) in [5.74, 6) is 0.759. The second kappa shape index (κ2) is 5.43. The van der Waals surface area contributed by atoms with Crippen LogP contribution in [0.1, 0.15) is 26.2 Å². The minimum absolute atomic E-state index is 0.0586. The molecule has 1 N–H and O–H groups in total. The van der Waals surface area contributed by atoms with E-state index >= 15 is 0 Å². The van der Waals surface area contributed by atoms with Crippen molar-refractivity contribution in [1.29, 1.82) is 0 Å². The van der Waals surface area contributed by atoms with Crippen molar-refractivity contribution in [2.45, 2.75) is 42.6 Å². The molecule has 1 aromatic carbocycles. The van der Waals surface area contributed by atoms with Gasteiger partial charge < -0.3 is 5.32 Å². The Morgan fingerprint density at radius 1 is 1.33 bits per heavy atom. The predicted octanol–water partition coefficient (Wildman–Crippen LogP) is 4.90. The summed E-state index contributed by atoms with van der Waals surface area (Å²) >= 11 is -0.0586. The van der Waals surface area contributed by atoms with Gasteiger partial charge in [0.15, 0.2) is 0 Å². The number of hydrogen-bond acceptors (Lipinski definition) is 2. The van der Waals surface area contributed by atoms with Gasteiger partial charge in [0.25, 0.3) is 0 Å². The van der Waals surface area contributed by atoms with Gasteiger partial charge in [-0.05, 0) is 43.2 Å². The molecule has 0 heterocycles. The zero-order valence-corrected chi connectivity index (χ0v) is 10.9. The summed E-state index contributed by atoms with van der Waals surface area (Å²) in [6, 6.07) is 6.81. The fourth-order valence-corrected chi connectivity index (χ4v) is 2.61. The van der Waals surface area contributed by atoms with Crippen LogP contribution in [0.25, 0.3) is 0 Å². The largest absolute Gasteiger partial charge is 0.446 e. The lowest BCUT2D eigenvalue weighted by Gasteiger charge is -2.18. The highest BCUT2D eigenvalue weighted by atomic mass is 32.2. The van der Waals surface area contributed by atoms with E-state index in [2.05, 4.69) is 5.32 Å². The quantitative estimate of drug-likeness (QED) is 0.767. The molecule has 0 aromatic heterocycles. The third kappa shape index (κ3) is 4.44. The third-order valence-electron chi connectivity index (χ3n) is 2.90. The highest BCUT2D eigenvalue weighted by molar-refractivity contribution is 8.00. The fraction of sp³-hybridized carbons (Fsp3) is 0.538. The van der Waals surface area contributed by atoms with Gasteiger partial charge in [0, 0.05) is 16.6 Å². The molecule has 5 heteroatoms. The molecule has 0 aliphatic heterocycles. The lowest BCUT2D eigenvalue weighted by Crippen LogP contribution is -2.16. The van der Waals surface area contributed by atoms with Crippen LogP contribution in [-0.2, 0) is 0 Å². The van der Waals surface area contributed by atoms with Gasteiger partial charge >= 0.3 is 5.51 Å². The van der Waals surface area contributed by atoms with Crippen molar-refractivity contribution in [1.82, 2.24) is 0 Å². The first-order valence-electron chi connectivity index (χ1n) is 6.05. The average molecular weight is 275 g/mol. The van der Waals surface area contributed by atoms with E-state index in [-0.39, 0.29) is 22.7 Å². The molecule has 2 rings (SSSR count). The molecule has 1 atom stereocenters. The van der Waals surface area contributed by atoms with Crippen LogP contribution in [0.5, 0.6) is 0 Å². The van der Waals surface area contributed by atoms with E-state index in [9.17, 15) is 13.2 Å². The second-order valence-corrected chi connectivity index (χ2v) is 5.88. The molecule has 1 saturated carbocycles. The Kier molecular flexibility index (Phi) is 4.10. The van der Waals surface area contributed by atoms with Crippen LogP contribution in [0.2, 0.25) is 0 Å². The zero-order valence-electron chi connectivity index (χ0n) is 10.1. The standard InChI is InChI=1S/C13H16F3NS/c1-9(8-10-6-7-10)17-11-4-2-3-5-12(11)18-13(14,15)16/h2-5,9-10,17H,6-8H2,1H3. The molecule has 1 fully saturated rings. The van der Waals surface area contributed by atoms with E-state index in [1.165, 1.54) is 18.9 Å². The van der Waals surface area contributed by atoms with Crippen molar-refractivity contribution in [3.05, 3.63) is 24.3 Å². The topological polar surface area (TPSA) is 12.0 Å². The van der Waals surface area contributed by atoms with Crippen LogP contribution in [0.15, 0.2) is 29.2 Å². The normalized spacial score (nSPS) is 17.6. The first kappa shape index (κ1) is 13.6. The molecular formula is C13H16F3NS. The van der Waals surface area contributed by atoms with Crippen molar-refractivity contribution in [2.24, 2.45) is 5.92 Å². The lowest BCUT2D eigenvalue weighted by molar-refractivity contribution is -0.0327. The summed E-state index contributed by atoms with van der Waals surface area (Å²) in [6.45, 7) is 2.02. The molecule has 0 bridgehead atoms. The molecule has 1 aliphatic rings. The molecule has 0 radical (unpaired) electrons. The van der Waals surface area contributed by atoms with Crippen LogP contribution in [0.3, 0.4) is 0 Å². The number of halogens is 3. The van der Waals surface area contributed by atoms with E-state index in [1.807, 2.05) is 6.92 Å². The molecule has 100 valence electrons. The molecule has 1 aromatic rings. The van der Waals surface area contributed by atoms with Crippen LogP contribution >= 0.6 is 11.8 Å². The highest BCUT2D eigenvalue weighted by Gasteiger charge is 2.30. The number of alkyl halides is 3. The van der Waals surface area contributed by atoms with Gasteiger partial charge in [-0.15, -0.1) is 0 Å². The Balaban J connectivity index is 2.01. The number of para-hydroxylation sites is 1. The maximum Gasteiger partial charge on any atom is 0.446 e. The van der Waals surface area contributed by atoms with Crippen LogP contribution in [0.4, 0.5) is 18.9 Å². The Morgan fingerprint density at radius 3 is 2.61 bits per heavy atom. The summed E-state index contributed by atoms with van der Waals surface area (Å²) < 4.78 is 37.2. The molecule has 1 aliphatic carbocycles. The van der Waals surface area contributed by atoms with Crippen LogP contribution in [0, 0.1) is 5.92 Å². The van der Waals surface area contributed by atoms with Gasteiger partial charge in [-0.25, -0.2) is 0 Å². The van der Waals surface area contributed by atoms with Gasteiger partial charge in [0.05, 0.1) is 0 Å². The maximum atomic E-state index is 12.4. The van der Waals surface area contributed by atoms with E-state index < -0.39 is 5.51 Å². The van der Waals surface area contributed by atoms with E-state index in [1.54, 1.807) is 18.2 Å². The average Bonchev–Trinajstić information content (AvgIpc) is 3.02. The predicted molar refractivity (Wildman–Crippen MR) is 68.8 cm³/mol. The Morgan fingerprint density at radius 2 is 2.00 bits per heavy atom. The molecule has 18 heavy (non-hydrogen) atoms. The Bertz CT molecular complexity index is 401. The van der Waals surface area contributed by atoms with E-state index in [0.29, 0.717) is 5.69 Å². The van der Waals surface area contributed by atoms with Crippen LogP contribution in [-0.4, -0.2) is 11.6 Å². The third-order valence-corrected chi connectivity index (χ3v) is 3.71. The molecule has 1 nitrogen and oxygen atoms in total. The van der Waals surface area contributed by atoms with Crippen molar-refractivity contribution in [3.8, 4) is 0 Å². The van der Waals surface area contributed by atoms with Crippen molar-refractivity contribution >= 4 is 17.4 Å². The summed E-state index contributed by atoms with van der Waals surface area (Å²) in [4.78, 5) is 0.243. The number of nitrogens with one attached hydrogen (secondary N) is 1. The van der Waals surface area contributed by atoms with Gasteiger partial charge in [-0.2, -0.15) is 13.2 Å². The first-order chi connectivity index (χ1) is 8.44. The summed E-state index contributed by atoms with van der Waals surface area (Å²) in [7, 11) is 0. The first-order valence-corrected chi connectivity index (χ1v) is 6.87. The Hall–Kier alpha value is -0.840.